The van der Waals surface area contributed by atoms with Crippen LogP contribution in [0, 0.1) is 0 Å². The highest BCUT2D eigenvalue weighted by Gasteiger charge is 2.14. The van der Waals surface area contributed by atoms with Crippen LogP contribution in [0.15, 0.2) is 76.1 Å². The quantitative estimate of drug-likeness (QED) is 0.763. The molecule has 3 rings (SSSR count). The predicted molar refractivity (Wildman–Crippen MR) is 96.9 cm³/mol. The van der Waals surface area contributed by atoms with Gasteiger partial charge in [-0.1, -0.05) is 24.3 Å². The van der Waals surface area contributed by atoms with E-state index in [1.165, 1.54) is 29.5 Å². The van der Waals surface area contributed by atoms with Gasteiger partial charge < -0.3 is 4.57 Å². The van der Waals surface area contributed by atoms with Crippen LogP contribution in [0.2, 0.25) is 0 Å². The molecule has 0 bridgehead atoms. The fraction of sp³-hybridized carbons (Fsp3) is 0.0588. The van der Waals surface area contributed by atoms with Gasteiger partial charge in [0.05, 0.1) is 4.90 Å². The summed E-state index contributed by atoms with van der Waals surface area (Å²) < 4.78 is 28.9. The summed E-state index contributed by atoms with van der Waals surface area (Å²) in [6.45, 7) is 0. The van der Waals surface area contributed by atoms with E-state index in [2.05, 4.69) is 9.71 Å². The van der Waals surface area contributed by atoms with Crippen LogP contribution in [-0.4, -0.2) is 18.9 Å². The second kappa shape index (κ2) is 7.04. The molecule has 0 radical (unpaired) electrons. The van der Waals surface area contributed by atoms with Gasteiger partial charge in [0.15, 0.2) is 4.80 Å². The molecule has 1 aromatic heterocycles. The van der Waals surface area contributed by atoms with Crippen molar-refractivity contribution in [3.63, 3.8) is 0 Å². The average Bonchev–Trinajstić information content (AvgIpc) is 3.00. The van der Waals surface area contributed by atoms with Crippen molar-refractivity contribution >= 4 is 33.0 Å². The summed E-state index contributed by atoms with van der Waals surface area (Å²) in [5.74, 6) is -0.432. The fourth-order valence-corrected chi connectivity index (χ4v) is 3.91. The number of carbonyl (C=O) groups excluding carboxylic acids is 1. The van der Waals surface area contributed by atoms with Gasteiger partial charge in [-0.25, -0.2) is 8.42 Å². The molecule has 0 atom stereocenters. The second-order valence-electron chi connectivity index (χ2n) is 5.21. The maximum atomic E-state index is 12.4. The first kappa shape index (κ1) is 17.1. The first-order chi connectivity index (χ1) is 12.0. The maximum absolute atomic E-state index is 12.4. The Hall–Kier alpha value is -2.71. The van der Waals surface area contributed by atoms with Gasteiger partial charge in [-0.2, -0.15) is 4.99 Å². The van der Waals surface area contributed by atoms with Gasteiger partial charge >= 0.3 is 0 Å². The molecular weight excluding hydrogens is 358 g/mol. The summed E-state index contributed by atoms with van der Waals surface area (Å²) in [7, 11) is -1.91. The molecule has 8 heteroatoms. The van der Waals surface area contributed by atoms with E-state index in [-0.39, 0.29) is 4.90 Å². The molecule has 128 valence electrons. The number of aromatic nitrogens is 1. The minimum Gasteiger partial charge on any atom is -0.327 e. The van der Waals surface area contributed by atoms with Crippen molar-refractivity contribution in [2.75, 3.05) is 4.72 Å². The Morgan fingerprint density at radius 3 is 2.56 bits per heavy atom. The molecule has 0 saturated heterocycles. The summed E-state index contributed by atoms with van der Waals surface area (Å²) in [6, 6.07) is 14.3. The molecule has 0 saturated carbocycles. The van der Waals surface area contributed by atoms with E-state index < -0.39 is 15.9 Å². The first-order valence-corrected chi connectivity index (χ1v) is 9.69. The molecular formula is C17H15N3O3S2. The number of amides is 1. The van der Waals surface area contributed by atoms with Crippen molar-refractivity contribution in [3.8, 4) is 0 Å². The molecule has 0 fully saturated rings. The highest BCUT2D eigenvalue weighted by Crippen LogP contribution is 2.17. The summed E-state index contributed by atoms with van der Waals surface area (Å²) in [6.07, 6.45) is 1.81. The van der Waals surface area contributed by atoms with E-state index in [0.717, 1.165) is 0 Å². The molecule has 2 aromatic carbocycles. The summed E-state index contributed by atoms with van der Waals surface area (Å²) in [5, 5.41) is 1.83. The van der Waals surface area contributed by atoms with Crippen molar-refractivity contribution < 1.29 is 13.2 Å². The lowest BCUT2D eigenvalue weighted by molar-refractivity contribution is 0.0998. The number of sulfonamides is 1. The number of nitrogens with zero attached hydrogens (tertiary/aromatic N) is 2. The molecule has 6 nitrogen and oxygen atoms in total. The Morgan fingerprint density at radius 1 is 1.12 bits per heavy atom. The van der Waals surface area contributed by atoms with Crippen molar-refractivity contribution in [1.29, 1.82) is 0 Å². The Kier molecular flexibility index (Phi) is 4.82. The van der Waals surface area contributed by atoms with E-state index in [1.54, 1.807) is 54.2 Å². The third-order valence-corrected chi connectivity index (χ3v) is 5.62. The molecule has 0 aliphatic carbocycles. The maximum Gasteiger partial charge on any atom is 0.279 e. The number of hydrogen-bond acceptors (Lipinski definition) is 4. The zero-order valence-electron chi connectivity index (χ0n) is 13.3. The number of thiazole rings is 1. The molecule has 25 heavy (non-hydrogen) atoms. The van der Waals surface area contributed by atoms with E-state index in [4.69, 9.17) is 0 Å². The molecule has 1 amide bonds. The third-order valence-electron chi connectivity index (χ3n) is 3.37. The van der Waals surface area contributed by atoms with Crippen LogP contribution in [0.3, 0.4) is 0 Å². The van der Waals surface area contributed by atoms with Crippen molar-refractivity contribution in [2.24, 2.45) is 12.0 Å². The number of rotatable bonds is 4. The standard InChI is InChI=1S/C17H15N3O3S2/c1-20-10-11-24-17(20)18-16(21)13-6-5-7-14(12-13)19-25(22,23)15-8-3-2-4-9-15/h2-12,19H,1H3. The van der Waals surface area contributed by atoms with Crippen molar-refractivity contribution in [3.05, 3.63) is 76.5 Å². The number of nitrogens with one attached hydrogen (secondary N) is 1. The van der Waals surface area contributed by atoms with Gasteiger partial charge in [0, 0.05) is 29.9 Å². The van der Waals surface area contributed by atoms with Crippen LogP contribution in [0.4, 0.5) is 5.69 Å². The smallest absolute Gasteiger partial charge is 0.279 e. The van der Waals surface area contributed by atoms with Gasteiger partial charge in [-0.15, -0.1) is 11.3 Å². The fourth-order valence-electron chi connectivity index (χ4n) is 2.12. The number of benzene rings is 2. The van der Waals surface area contributed by atoms with E-state index in [0.29, 0.717) is 16.1 Å². The molecule has 0 aliphatic rings. The van der Waals surface area contributed by atoms with Crippen LogP contribution < -0.4 is 9.52 Å². The van der Waals surface area contributed by atoms with Gasteiger partial charge in [0.1, 0.15) is 0 Å². The Bertz CT molecular complexity index is 1070. The molecule has 0 aliphatic heterocycles. The number of carbonyl (C=O) groups is 1. The molecule has 0 spiro atoms. The topological polar surface area (TPSA) is 80.5 Å². The highest BCUT2D eigenvalue weighted by molar-refractivity contribution is 7.92. The largest absolute Gasteiger partial charge is 0.327 e. The zero-order chi connectivity index (χ0) is 17.9. The van der Waals surface area contributed by atoms with Crippen LogP contribution in [-0.2, 0) is 17.1 Å². The van der Waals surface area contributed by atoms with Crippen molar-refractivity contribution in [2.45, 2.75) is 4.90 Å². The molecule has 1 N–H and O–H groups in total. The minimum atomic E-state index is -3.71. The predicted octanol–water partition coefficient (Wildman–Crippen LogP) is 2.63. The molecule has 3 aromatic rings. The van der Waals surface area contributed by atoms with E-state index >= 15 is 0 Å². The van der Waals surface area contributed by atoms with Crippen LogP contribution in [0.25, 0.3) is 0 Å². The normalized spacial score (nSPS) is 12.1. The lowest BCUT2D eigenvalue weighted by Gasteiger charge is -2.08. The van der Waals surface area contributed by atoms with Crippen LogP contribution in [0.5, 0.6) is 0 Å². The summed E-state index contributed by atoms with van der Waals surface area (Å²) in [4.78, 5) is 17.1. The molecule has 1 heterocycles. The van der Waals surface area contributed by atoms with Crippen molar-refractivity contribution in [1.82, 2.24) is 4.57 Å². The van der Waals surface area contributed by atoms with Crippen LogP contribution >= 0.6 is 11.3 Å². The summed E-state index contributed by atoms with van der Waals surface area (Å²) in [5.41, 5.74) is 0.613. The third kappa shape index (κ3) is 4.04. The number of hydrogen-bond donors (Lipinski definition) is 1. The Labute approximate surface area is 149 Å². The number of anilines is 1. The Morgan fingerprint density at radius 2 is 1.88 bits per heavy atom. The highest BCUT2D eigenvalue weighted by atomic mass is 32.2. The number of aryl methyl sites for hydroxylation is 1. The van der Waals surface area contributed by atoms with Crippen LogP contribution in [0.1, 0.15) is 10.4 Å². The monoisotopic (exact) mass is 373 g/mol. The van der Waals surface area contributed by atoms with Gasteiger partial charge in [0.25, 0.3) is 15.9 Å². The van der Waals surface area contributed by atoms with Gasteiger partial charge in [-0.05, 0) is 30.3 Å². The van der Waals surface area contributed by atoms with Gasteiger partial charge in [-0.3, -0.25) is 9.52 Å². The Balaban J connectivity index is 1.88. The molecule has 0 unspecified atom stereocenters. The summed E-state index contributed by atoms with van der Waals surface area (Å²) >= 11 is 1.35. The minimum absolute atomic E-state index is 0.155. The zero-order valence-corrected chi connectivity index (χ0v) is 14.9. The lowest BCUT2D eigenvalue weighted by atomic mass is 10.2. The SMILES string of the molecule is Cn1ccsc1=NC(=O)c1cccc(NS(=O)(=O)c2ccccc2)c1. The second-order valence-corrected chi connectivity index (χ2v) is 7.77. The van der Waals surface area contributed by atoms with E-state index in [1.807, 2.05) is 5.38 Å². The lowest BCUT2D eigenvalue weighted by Crippen LogP contribution is -2.14. The first-order valence-electron chi connectivity index (χ1n) is 7.33. The van der Waals surface area contributed by atoms with E-state index in [9.17, 15) is 13.2 Å². The van der Waals surface area contributed by atoms with Gasteiger partial charge in [0.2, 0.25) is 0 Å². The average molecular weight is 373 g/mol.